The van der Waals surface area contributed by atoms with E-state index in [4.69, 9.17) is 5.73 Å². The lowest BCUT2D eigenvalue weighted by Gasteiger charge is -2.12. The number of rotatable bonds is 4. The molecule has 0 saturated carbocycles. The summed E-state index contributed by atoms with van der Waals surface area (Å²) in [6.45, 7) is -0.862. The molecule has 0 saturated heterocycles. The van der Waals surface area contributed by atoms with E-state index in [1.165, 1.54) is 0 Å². The highest BCUT2D eigenvalue weighted by molar-refractivity contribution is 5.95. The first kappa shape index (κ1) is 15.0. The number of anilines is 1. The van der Waals surface area contributed by atoms with Crippen LogP contribution in [0.3, 0.4) is 0 Å². The van der Waals surface area contributed by atoms with Crippen LogP contribution in [-0.4, -0.2) is 25.2 Å². The van der Waals surface area contributed by atoms with E-state index in [1.807, 2.05) is 5.32 Å². The number of halogens is 5. The lowest BCUT2D eigenvalue weighted by Crippen LogP contribution is -2.28. The van der Waals surface area contributed by atoms with Crippen molar-refractivity contribution in [1.82, 2.24) is 5.32 Å². The van der Waals surface area contributed by atoms with Gasteiger partial charge in [0, 0.05) is 5.56 Å². The van der Waals surface area contributed by atoms with Gasteiger partial charge in [0.1, 0.15) is 0 Å². The molecule has 0 unspecified atom stereocenters. The maximum Gasteiger partial charge on any atom is 0.573 e. The number of nitrogens with two attached hydrogens (primary N) is 1. The van der Waals surface area contributed by atoms with Gasteiger partial charge in [-0.1, -0.05) is 0 Å². The second kappa shape index (κ2) is 5.72. The summed E-state index contributed by atoms with van der Waals surface area (Å²) < 4.78 is 63.1. The Labute approximate surface area is 104 Å². The van der Waals surface area contributed by atoms with Gasteiger partial charge in [0.25, 0.3) is 12.3 Å². The highest BCUT2D eigenvalue weighted by Crippen LogP contribution is 2.28. The Bertz CT molecular complexity index is 462. The lowest BCUT2D eigenvalue weighted by atomic mass is 10.2. The molecular weight excluding hydrogens is 275 g/mol. The van der Waals surface area contributed by atoms with Crippen LogP contribution in [0, 0.1) is 0 Å². The number of hydrogen-bond donors (Lipinski definition) is 2. The number of benzene rings is 1. The van der Waals surface area contributed by atoms with Crippen LogP contribution in [0.5, 0.6) is 5.75 Å². The summed E-state index contributed by atoms with van der Waals surface area (Å²) in [7, 11) is 0. The molecule has 1 aromatic carbocycles. The minimum atomic E-state index is -4.91. The van der Waals surface area contributed by atoms with Gasteiger partial charge in [-0.25, -0.2) is 8.78 Å². The van der Waals surface area contributed by atoms with Crippen molar-refractivity contribution in [3.63, 3.8) is 0 Å². The highest BCUT2D eigenvalue weighted by atomic mass is 19.4. The van der Waals surface area contributed by atoms with Gasteiger partial charge in [0.2, 0.25) is 0 Å². The number of ether oxygens (including phenoxy) is 1. The van der Waals surface area contributed by atoms with E-state index in [0.29, 0.717) is 0 Å². The largest absolute Gasteiger partial charge is 0.573 e. The molecule has 0 aliphatic rings. The minimum absolute atomic E-state index is 0.146. The molecule has 1 rings (SSSR count). The molecule has 1 aromatic rings. The predicted molar refractivity (Wildman–Crippen MR) is 55.9 cm³/mol. The van der Waals surface area contributed by atoms with Crippen LogP contribution >= 0.6 is 0 Å². The summed E-state index contributed by atoms with van der Waals surface area (Å²) in [6, 6.07) is 2.72. The zero-order valence-electron chi connectivity index (χ0n) is 9.30. The van der Waals surface area contributed by atoms with E-state index in [9.17, 15) is 26.7 Å². The third-order valence-electron chi connectivity index (χ3n) is 1.91. The van der Waals surface area contributed by atoms with Crippen LogP contribution < -0.4 is 15.8 Å². The van der Waals surface area contributed by atoms with Crippen molar-refractivity contribution in [3.8, 4) is 5.75 Å². The van der Waals surface area contributed by atoms with Crippen molar-refractivity contribution in [2.45, 2.75) is 12.8 Å². The standard InChI is InChI=1S/C10H9F5N2O2/c11-8(12)4-17-9(18)5-1-2-7(6(16)3-5)19-10(13,14)15/h1-3,8H,4,16H2,(H,17,18). The van der Waals surface area contributed by atoms with Crippen LogP contribution in [0.25, 0.3) is 0 Å². The predicted octanol–water partition coefficient (Wildman–Crippen LogP) is 2.16. The summed E-state index contributed by atoms with van der Waals surface area (Å²) in [4.78, 5) is 11.3. The van der Waals surface area contributed by atoms with E-state index in [0.717, 1.165) is 18.2 Å². The molecule has 0 bridgehead atoms. The van der Waals surface area contributed by atoms with Crippen molar-refractivity contribution in [2.75, 3.05) is 12.3 Å². The summed E-state index contributed by atoms with van der Waals surface area (Å²) in [5.41, 5.74) is 4.69. The molecule has 0 atom stereocenters. The van der Waals surface area contributed by atoms with Gasteiger partial charge in [0.15, 0.2) is 5.75 Å². The van der Waals surface area contributed by atoms with Gasteiger partial charge >= 0.3 is 6.36 Å². The average molecular weight is 284 g/mol. The Morgan fingerprint density at radius 3 is 2.47 bits per heavy atom. The highest BCUT2D eigenvalue weighted by Gasteiger charge is 2.32. The molecule has 19 heavy (non-hydrogen) atoms. The van der Waals surface area contributed by atoms with Gasteiger partial charge < -0.3 is 15.8 Å². The molecule has 106 valence electrons. The smallest absolute Gasteiger partial charge is 0.404 e. The molecule has 0 fully saturated rings. The molecule has 4 nitrogen and oxygen atoms in total. The summed E-state index contributed by atoms with van der Waals surface area (Å²) in [5.74, 6) is -1.54. The SMILES string of the molecule is Nc1cc(C(=O)NCC(F)F)ccc1OC(F)(F)F. The van der Waals surface area contributed by atoms with Gasteiger partial charge in [0.05, 0.1) is 12.2 Å². The van der Waals surface area contributed by atoms with Crippen LogP contribution in [-0.2, 0) is 0 Å². The fourth-order valence-corrected chi connectivity index (χ4v) is 1.18. The summed E-state index contributed by atoms with van der Waals surface area (Å²) in [5, 5.41) is 1.89. The fraction of sp³-hybridized carbons (Fsp3) is 0.300. The topological polar surface area (TPSA) is 64.4 Å². The van der Waals surface area contributed by atoms with Gasteiger partial charge in [-0.05, 0) is 18.2 Å². The normalized spacial score (nSPS) is 11.5. The first-order valence-corrected chi connectivity index (χ1v) is 4.90. The van der Waals surface area contributed by atoms with Crippen molar-refractivity contribution in [2.24, 2.45) is 0 Å². The number of hydrogen-bond acceptors (Lipinski definition) is 3. The average Bonchev–Trinajstić information content (AvgIpc) is 2.27. The Hall–Kier alpha value is -2.06. The number of nitrogens with one attached hydrogen (secondary N) is 1. The molecule has 0 heterocycles. The van der Waals surface area contributed by atoms with Crippen LogP contribution in [0.2, 0.25) is 0 Å². The second-order valence-corrected chi connectivity index (χ2v) is 3.40. The Morgan fingerprint density at radius 2 is 2.00 bits per heavy atom. The maximum absolute atomic E-state index is 11.9. The van der Waals surface area contributed by atoms with Crippen LogP contribution in [0.1, 0.15) is 10.4 Å². The number of alkyl halides is 5. The maximum atomic E-state index is 11.9. The number of nitrogen functional groups attached to an aromatic ring is 1. The van der Waals surface area contributed by atoms with Crippen molar-refractivity contribution in [1.29, 1.82) is 0 Å². The summed E-state index contributed by atoms with van der Waals surface area (Å²) >= 11 is 0. The third kappa shape index (κ3) is 4.98. The molecule has 1 amide bonds. The molecule has 0 aliphatic carbocycles. The van der Waals surface area contributed by atoms with Gasteiger partial charge in [-0.15, -0.1) is 13.2 Å². The minimum Gasteiger partial charge on any atom is -0.404 e. The fourth-order valence-electron chi connectivity index (χ4n) is 1.18. The van der Waals surface area contributed by atoms with Crippen LogP contribution in [0.4, 0.5) is 27.6 Å². The van der Waals surface area contributed by atoms with E-state index in [-0.39, 0.29) is 5.56 Å². The molecule has 0 aliphatic heterocycles. The molecule has 0 aromatic heterocycles. The first-order valence-electron chi connectivity index (χ1n) is 4.90. The number of carbonyl (C=O) groups excluding carboxylic acids is 1. The molecule has 3 N–H and O–H groups in total. The molecule has 0 radical (unpaired) electrons. The molecule has 0 spiro atoms. The second-order valence-electron chi connectivity index (χ2n) is 3.40. The quantitative estimate of drug-likeness (QED) is 0.658. The summed E-state index contributed by atoms with van der Waals surface area (Å²) in [6.07, 6.45) is -7.64. The van der Waals surface area contributed by atoms with Crippen molar-refractivity contribution < 1.29 is 31.5 Å². The van der Waals surface area contributed by atoms with E-state index >= 15 is 0 Å². The van der Waals surface area contributed by atoms with Gasteiger partial charge in [-0.2, -0.15) is 0 Å². The molecule has 9 heteroatoms. The first-order chi connectivity index (χ1) is 8.69. The monoisotopic (exact) mass is 284 g/mol. The zero-order chi connectivity index (χ0) is 14.6. The third-order valence-corrected chi connectivity index (χ3v) is 1.91. The van der Waals surface area contributed by atoms with Crippen molar-refractivity contribution in [3.05, 3.63) is 23.8 Å². The lowest BCUT2D eigenvalue weighted by molar-refractivity contribution is -0.274. The van der Waals surface area contributed by atoms with Crippen molar-refractivity contribution >= 4 is 11.6 Å². The number of carbonyl (C=O) groups is 1. The van der Waals surface area contributed by atoms with E-state index in [1.54, 1.807) is 0 Å². The Balaban J connectivity index is 2.79. The van der Waals surface area contributed by atoms with E-state index < -0.39 is 36.7 Å². The van der Waals surface area contributed by atoms with Crippen LogP contribution in [0.15, 0.2) is 18.2 Å². The zero-order valence-corrected chi connectivity index (χ0v) is 9.30. The Morgan fingerprint density at radius 1 is 1.37 bits per heavy atom. The Kier molecular flexibility index (Phi) is 4.52. The van der Waals surface area contributed by atoms with E-state index in [2.05, 4.69) is 4.74 Å². The van der Waals surface area contributed by atoms with Gasteiger partial charge in [-0.3, -0.25) is 4.79 Å². The molecular formula is C10H9F5N2O2. The number of amides is 1.